The zero-order valence-corrected chi connectivity index (χ0v) is 21.8. The molecule has 35 heavy (non-hydrogen) atoms. The number of aromatic amines is 1. The third-order valence-corrected chi connectivity index (χ3v) is 9.00. The second-order valence-electron chi connectivity index (χ2n) is 10.1. The van der Waals surface area contributed by atoms with Crippen LogP contribution in [0.4, 0.5) is 5.82 Å². The molecule has 2 aromatic heterocycles. The van der Waals surface area contributed by atoms with Crippen LogP contribution in [-0.2, 0) is 0 Å². The fourth-order valence-electron chi connectivity index (χ4n) is 5.79. The minimum Gasteiger partial charge on any atom is -0.372 e. The summed E-state index contributed by atoms with van der Waals surface area (Å²) in [5, 5.41) is 3.68. The lowest BCUT2D eigenvalue weighted by atomic mass is 9.80. The van der Waals surface area contributed by atoms with Gasteiger partial charge in [-0.3, -0.25) is 4.99 Å². The quantitative estimate of drug-likeness (QED) is 0.353. The number of aromatic nitrogens is 4. The van der Waals surface area contributed by atoms with Gasteiger partial charge in [0.15, 0.2) is 11.5 Å². The summed E-state index contributed by atoms with van der Waals surface area (Å²) in [5.41, 5.74) is 5.40. The molecule has 0 aromatic carbocycles. The second-order valence-corrected chi connectivity index (χ2v) is 11.5. The smallest absolute Gasteiger partial charge is 0.163 e. The summed E-state index contributed by atoms with van der Waals surface area (Å²) in [5.74, 6) is 4.61. The van der Waals surface area contributed by atoms with E-state index in [1.165, 1.54) is 70.2 Å². The van der Waals surface area contributed by atoms with E-state index in [9.17, 15) is 0 Å². The van der Waals surface area contributed by atoms with E-state index in [1.54, 1.807) is 11.9 Å². The summed E-state index contributed by atoms with van der Waals surface area (Å²) in [4.78, 5) is 23.2. The summed E-state index contributed by atoms with van der Waals surface area (Å²) < 4.78 is 0. The Kier molecular flexibility index (Phi) is 7.92. The molecule has 0 spiro atoms. The minimum absolute atomic E-state index is 0.448. The van der Waals surface area contributed by atoms with Crippen molar-refractivity contribution in [2.45, 2.75) is 76.4 Å². The van der Waals surface area contributed by atoms with E-state index in [1.807, 2.05) is 13.1 Å². The molecule has 1 saturated heterocycles. The molecule has 2 atom stereocenters. The molecule has 2 aliphatic carbocycles. The van der Waals surface area contributed by atoms with Gasteiger partial charge in [0.1, 0.15) is 11.3 Å². The maximum absolute atomic E-state index is 4.64. The Morgan fingerprint density at radius 3 is 2.83 bits per heavy atom. The van der Waals surface area contributed by atoms with Crippen molar-refractivity contribution < 1.29 is 0 Å². The predicted octanol–water partition coefficient (Wildman–Crippen LogP) is 5.94. The Hall–Kier alpha value is -2.53. The number of rotatable bonds is 8. The van der Waals surface area contributed by atoms with Crippen LogP contribution in [0.25, 0.3) is 11.2 Å². The van der Waals surface area contributed by atoms with Crippen LogP contribution in [0.2, 0.25) is 0 Å². The lowest BCUT2D eigenvalue weighted by Crippen LogP contribution is -2.30. The molecule has 2 N–H and O–H groups in total. The predicted molar refractivity (Wildman–Crippen MR) is 147 cm³/mol. The third-order valence-electron chi connectivity index (χ3n) is 7.64. The standard InChI is InChI=1S/C27H38N7P/c1-19-31-26-25(29-18-30-26)27(32-19)33-22-8-6-20(7-9-22)16-21-17-23(34-13-4-3-5-14-34)10-11-24(21)35-15-12-28-2/h10,12,15,17-18,20,22,24,35H,2-9,11,13-14,16H2,1H3,(H2,29,30,31,32,33)/b15-12-/t20-,22+,24-/m0/s1. The lowest BCUT2D eigenvalue weighted by molar-refractivity contribution is 0.290. The normalized spacial score (nSPS) is 25.9. The van der Waals surface area contributed by atoms with Gasteiger partial charge in [0.25, 0.3) is 0 Å². The maximum atomic E-state index is 4.64. The number of hydrogen-bond acceptors (Lipinski definition) is 6. The number of nitrogens with zero attached hydrogens (tertiary/aromatic N) is 5. The Morgan fingerprint density at radius 2 is 2.03 bits per heavy atom. The minimum atomic E-state index is 0.448. The van der Waals surface area contributed by atoms with Gasteiger partial charge in [-0.2, -0.15) is 0 Å². The van der Waals surface area contributed by atoms with Crippen LogP contribution in [-0.4, -0.2) is 56.3 Å². The van der Waals surface area contributed by atoms with Crippen LogP contribution in [0.15, 0.2) is 46.8 Å². The fourth-order valence-corrected chi connectivity index (χ4v) is 6.88. The van der Waals surface area contributed by atoms with Gasteiger partial charge in [0, 0.05) is 36.7 Å². The van der Waals surface area contributed by atoms with Crippen molar-refractivity contribution in [3.8, 4) is 0 Å². The Morgan fingerprint density at radius 1 is 1.20 bits per heavy atom. The number of hydrogen-bond donors (Lipinski definition) is 2. The molecule has 1 saturated carbocycles. The zero-order valence-electron chi connectivity index (χ0n) is 20.8. The van der Waals surface area contributed by atoms with Gasteiger partial charge in [-0.25, -0.2) is 15.0 Å². The first-order valence-electron chi connectivity index (χ1n) is 13.2. The van der Waals surface area contributed by atoms with Crippen molar-refractivity contribution in [2.24, 2.45) is 10.9 Å². The number of nitrogens with one attached hydrogen (secondary N) is 2. The van der Waals surface area contributed by atoms with E-state index < -0.39 is 0 Å². The molecule has 7 nitrogen and oxygen atoms in total. The van der Waals surface area contributed by atoms with E-state index in [0.717, 1.165) is 43.7 Å². The molecule has 5 rings (SSSR count). The highest BCUT2D eigenvalue weighted by Gasteiger charge is 2.27. The number of aryl methyl sites for hydroxylation is 1. The van der Waals surface area contributed by atoms with Gasteiger partial charge in [0.2, 0.25) is 0 Å². The number of H-pyrrole nitrogens is 1. The zero-order chi connectivity index (χ0) is 24.0. The van der Waals surface area contributed by atoms with Crippen LogP contribution in [0.1, 0.15) is 63.6 Å². The van der Waals surface area contributed by atoms with E-state index in [4.69, 9.17) is 0 Å². The SMILES string of the molecule is C=N/C=C\P[C@H]1CC=C(N2CCCCC2)C=C1C[C@H]1CC[C@@H](Nc2nc(C)nc3[nH]cnc23)CC1. The van der Waals surface area contributed by atoms with E-state index in [0.29, 0.717) is 11.7 Å². The molecule has 2 aromatic rings. The largest absolute Gasteiger partial charge is 0.372 e. The Bertz CT molecular complexity index is 1100. The molecule has 2 fully saturated rings. The first kappa shape index (κ1) is 24.2. The number of aliphatic imine (C=N–C) groups is 1. The monoisotopic (exact) mass is 491 g/mol. The molecule has 0 radical (unpaired) electrons. The second kappa shape index (κ2) is 11.5. The first-order valence-corrected chi connectivity index (χ1v) is 14.3. The van der Waals surface area contributed by atoms with Gasteiger partial charge >= 0.3 is 0 Å². The highest BCUT2D eigenvalue weighted by atomic mass is 31.1. The summed E-state index contributed by atoms with van der Waals surface area (Å²) in [7, 11) is 0.775. The highest BCUT2D eigenvalue weighted by molar-refractivity contribution is 7.42. The number of imidazole rings is 1. The number of allylic oxidation sites excluding steroid dienone is 3. The van der Waals surface area contributed by atoms with Gasteiger partial charge in [0.05, 0.1) is 6.33 Å². The number of piperidine rings is 1. The summed E-state index contributed by atoms with van der Waals surface area (Å²) >= 11 is 0. The van der Waals surface area contributed by atoms with Crippen molar-refractivity contribution in [3.05, 3.63) is 47.6 Å². The number of fused-ring (bicyclic) bond motifs is 1. The maximum Gasteiger partial charge on any atom is 0.163 e. The van der Waals surface area contributed by atoms with Crippen LogP contribution < -0.4 is 5.32 Å². The summed E-state index contributed by atoms with van der Waals surface area (Å²) in [6, 6.07) is 0.448. The van der Waals surface area contributed by atoms with Gasteiger partial charge < -0.3 is 15.2 Å². The Balaban J connectivity index is 1.21. The van der Waals surface area contributed by atoms with E-state index in [-0.39, 0.29) is 0 Å². The molecule has 1 aliphatic heterocycles. The lowest BCUT2D eigenvalue weighted by Gasteiger charge is -2.35. The molecule has 186 valence electrons. The van der Waals surface area contributed by atoms with Crippen molar-refractivity contribution in [1.29, 1.82) is 0 Å². The molecule has 8 heteroatoms. The number of likely N-dealkylation sites (tertiary alicyclic amines) is 1. The van der Waals surface area contributed by atoms with Crippen molar-refractivity contribution in [2.75, 3.05) is 18.4 Å². The van der Waals surface area contributed by atoms with E-state index in [2.05, 4.69) is 59.8 Å². The van der Waals surface area contributed by atoms with Crippen molar-refractivity contribution in [3.63, 3.8) is 0 Å². The van der Waals surface area contributed by atoms with Crippen LogP contribution >= 0.6 is 8.58 Å². The summed E-state index contributed by atoms with van der Waals surface area (Å²) in [6.07, 6.45) is 19.9. The third kappa shape index (κ3) is 6.00. The first-order chi connectivity index (χ1) is 17.2. The van der Waals surface area contributed by atoms with Gasteiger partial charge in [-0.05, 0) is 89.2 Å². The molecule has 0 bridgehead atoms. The van der Waals surface area contributed by atoms with Gasteiger partial charge in [-0.1, -0.05) is 20.2 Å². The Labute approximate surface area is 210 Å². The molecule has 0 amide bonds. The van der Waals surface area contributed by atoms with Crippen LogP contribution in [0, 0.1) is 12.8 Å². The highest BCUT2D eigenvalue weighted by Crippen LogP contribution is 2.41. The summed E-state index contributed by atoms with van der Waals surface area (Å²) in [6.45, 7) is 7.96. The topological polar surface area (TPSA) is 82.1 Å². The van der Waals surface area contributed by atoms with Crippen LogP contribution in [0.5, 0.6) is 0 Å². The average Bonchev–Trinajstić information content (AvgIpc) is 3.35. The molecule has 1 unspecified atom stereocenters. The average molecular weight is 492 g/mol. The molecule has 3 aliphatic rings. The van der Waals surface area contributed by atoms with E-state index >= 15 is 0 Å². The molecular weight excluding hydrogens is 453 g/mol. The van der Waals surface area contributed by atoms with Crippen molar-refractivity contribution in [1.82, 2.24) is 24.8 Å². The number of anilines is 1. The fraction of sp³-hybridized carbons (Fsp3) is 0.556. The molecule has 3 heterocycles. The van der Waals surface area contributed by atoms with Gasteiger partial charge in [-0.15, -0.1) is 0 Å². The van der Waals surface area contributed by atoms with Crippen molar-refractivity contribution >= 4 is 32.3 Å². The molecular formula is C27H38N7P. The van der Waals surface area contributed by atoms with Crippen LogP contribution in [0.3, 0.4) is 0 Å².